The van der Waals surface area contributed by atoms with Crippen LogP contribution in [0.1, 0.15) is 18.4 Å². The minimum absolute atomic E-state index is 0.499. The number of aromatic nitrogens is 1. The Morgan fingerprint density at radius 2 is 2.11 bits per heavy atom. The molecule has 0 saturated carbocycles. The Morgan fingerprint density at radius 1 is 1.26 bits per heavy atom. The van der Waals surface area contributed by atoms with E-state index < -0.39 is 0 Å². The Hall–Kier alpha value is -1.61. The van der Waals surface area contributed by atoms with Crippen molar-refractivity contribution >= 4 is 17.2 Å². The van der Waals surface area contributed by atoms with Crippen LogP contribution in [-0.2, 0) is 22.5 Å². The first-order valence-electron chi connectivity index (χ1n) is 6.96. The fraction of sp³-hybridized carbons (Fsp3) is 0.438. The molecule has 0 bridgehead atoms. The standard InChI is InChI=1S/C16H19NO2/c18-9-5-14-2-1-3-16-15(14)4-8-17(16)12-13-6-10-19-11-7-13/h1-4,8-9,13H,5-7,10-12H2. The number of benzene rings is 1. The molecule has 0 N–H and O–H groups in total. The third kappa shape index (κ3) is 2.56. The molecule has 3 heteroatoms. The zero-order valence-corrected chi connectivity index (χ0v) is 11.0. The van der Waals surface area contributed by atoms with Crippen molar-refractivity contribution in [1.29, 1.82) is 0 Å². The number of rotatable bonds is 4. The molecule has 0 spiro atoms. The van der Waals surface area contributed by atoms with Gasteiger partial charge in [0.1, 0.15) is 6.29 Å². The lowest BCUT2D eigenvalue weighted by Gasteiger charge is -2.22. The molecule has 19 heavy (non-hydrogen) atoms. The van der Waals surface area contributed by atoms with Crippen LogP contribution in [0.4, 0.5) is 0 Å². The van der Waals surface area contributed by atoms with Crippen LogP contribution >= 0.6 is 0 Å². The second-order valence-corrected chi connectivity index (χ2v) is 5.24. The van der Waals surface area contributed by atoms with Gasteiger partial charge in [-0.3, -0.25) is 0 Å². The second kappa shape index (κ2) is 5.57. The van der Waals surface area contributed by atoms with E-state index in [0.717, 1.165) is 44.4 Å². The molecule has 1 saturated heterocycles. The summed E-state index contributed by atoms with van der Waals surface area (Å²) in [5.74, 6) is 0.707. The van der Waals surface area contributed by atoms with Gasteiger partial charge in [-0.05, 0) is 36.5 Å². The smallest absolute Gasteiger partial charge is 0.124 e. The van der Waals surface area contributed by atoms with Crippen LogP contribution in [0.25, 0.3) is 10.9 Å². The van der Waals surface area contributed by atoms with Crippen LogP contribution in [0.2, 0.25) is 0 Å². The highest BCUT2D eigenvalue weighted by Crippen LogP contribution is 2.24. The van der Waals surface area contributed by atoms with E-state index in [1.165, 1.54) is 10.9 Å². The molecule has 0 atom stereocenters. The van der Waals surface area contributed by atoms with Gasteiger partial charge >= 0.3 is 0 Å². The van der Waals surface area contributed by atoms with Crippen molar-refractivity contribution in [3.05, 3.63) is 36.0 Å². The van der Waals surface area contributed by atoms with Gasteiger partial charge < -0.3 is 14.1 Å². The Bertz CT molecular complexity index is 567. The Balaban J connectivity index is 1.87. The third-order valence-electron chi connectivity index (χ3n) is 4.00. The fourth-order valence-electron chi connectivity index (χ4n) is 2.92. The van der Waals surface area contributed by atoms with E-state index in [4.69, 9.17) is 4.74 Å². The van der Waals surface area contributed by atoms with Crippen molar-refractivity contribution in [1.82, 2.24) is 4.57 Å². The Kier molecular flexibility index (Phi) is 3.65. The molecule has 0 aliphatic carbocycles. The van der Waals surface area contributed by atoms with E-state index >= 15 is 0 Å². The molecule has 1 aliphatic rings. The van der Waals surface area contributed by atoms with Crippen LogP contribution in [0, 0.1) is 5.92 Å². The van der Waals surface area contributed by atoms with Gasteiger partial charge in [0.25, 0.3) is 0 Å². The monoisotopic (exact) mass is 257 g/mol. The van der Waals surface area contributed by atoms with Crippen LogP contribution in [0.5, 0.6) is 0 Å². The van der Waals surface area contributed by atoms with Crippen molar-refractivity contribution in [2.75, 3.05) is 13.2 Å². The number of carbonyl (C=O) groups is 1. The first-order chi connectivity index (χ1) is 9.38. The van der Waals surface area contributed by atoms with Gasteiger partial charge in [0.05, 0.1) is 0 Å². The van der Waals surface area contributed by atoms with Gasteiger partial charge in [0.15, 0.2) is 0 Å². The maximum absolute atomic E-state index is 10.7. The van der Waals surface area contributed by atoms with Crippen molar-refractivity contribution in [3.63, 3.8) is 0 Å². The van der Waals surface area contributed by atoms with Gasteiger partial charge in [0, 0.05) is 43.3 Å². The highest BCUT2D eigenvalue weighted by Gasteiger charge is 2.15. The molecule has 3 rings (SSSR count). The lowest BCUT2D eigenvalue weighted by molar-refractivity contribution is -0.107. The van der Waals surface area contributed by atoms with E-state index in [1.54, 1.807) is 0 Å². The molecule has 0 unspecified atom stereocenters. The molecule has 1 aromatic carbocycles. The maximum Gasteiger partial charge on any atom is 0.124 e. The largest absolute Gasteiger partial charge is 0.381 e. The van der Waals surface area contributed by atoms with Crippen molar-refractivity contribution < 1.29 is 9.53 Å². The Morgan fingerprint density at radius 3 is 2.89 bits per heavy atom. The minimum Gasteiger partial charge on any atom is -0.381 e. The predicted octanol–water partition coefficient (Wildman–Crippen LogP) is 2.81. The number of ether oxygens (including phenoxy) is 1. The zero-order chi connectivity index (χ0) is 13.1. The minimum atomic E-state index is 0.499. The lowest BCUT2D eigenvalue weighted by Crippen LogP contribution is -2.20. The number of nitrogens with zero attached hydrogens (tertiary/aromatic N) is 1. The summed E-state index contributed by atoms with van der Waals surface area (Å²) in [4.78, 5) is 10.7. The Labute approximate surface area is 113 Å². The molecule has 1 aromatic heterocycles. The molecule has 0 amide bonds. The number of carbonyl (C=O) groups excluding carboxylic acids is 1. The maximum atomic E-state index is 10.7. The molecule has 3 nitrogen and oxygen atoms in total. The topological polar surface area (TPSA) is 31.2 Å². The average Bonchev–Trinajstić information content (AvgIpc) is 2.85. The van der Waals surface area contributed by atoms with E-state index in [0.29, 0.717) is 12.3 Å². The van der Waals surface area contributed by atoms with Gasteiger partial charge in [-0.1, -0.05) is 12.1 Å². The number of hydrogen-bond donors (Lipinski definition) is 0. The molecular formula is C16H19NO2. The van der Waals surface area contributed by atoms with E-state index in [9.17, 15) is 4.79 Å². The van der Waals surface area contributed by atoms with Gasteiger partial charge in [0.2, 0.25) is 0 Å². The molecule has 2 heterocycles. The molecule has 0 radical (unpaired) electrons. The van der Waals surface area contributed by atoms with Crippen LogP contribution in [0.15, 0.2) is 30.5 Å². The van der Waals surface area contributed by atoms with Crippen LogP contribution in [-0.4, -0.2) is 24.1 Å². The fourth-order valence-corrected chi connectivity index (χ4v) is 2.92. The van der Waals surface area contributed by atoms with E-state index in [-0.39, 0.29) is 0 Å². The SMILES string of the molecule is O=CCc1cccc2c1ccn2CC1CCOCC1. The first kappa shape index (κ1) is 12.4. The van der Waals surface area contributed by atoms with Gasteiger partial charge in [-0.25, -0.2) is 0 Å². The van der Waals surface area contributed by atoms with E-state index in [2.05, 4.69) is 22.9 Å². The summed E-state index contributed by atoms with van der Waals surface area (Å²) in [7, 11) is 0. The summed E-state index contributed by atoms with van der Waals surface area (Å²) in [6, 6.07) is 8.35. The quantitative estimate of drug-likeness (QED) is 0.789. The normalized spacial score (nSPS) is 16.8. The number of hydrogen-bond acceptors (Lipinski definition) is 2. The molecule has 1 fully saturated rings. The van der Waals surface area contributed by atoms with Crippen molar-refractivity contribution in [2.24, 2.45) is 5.92 Å². The van der Waals surface area contributed by atoms with E-state index in [1.807, 2.05) is 12.1 Å². The second-order valence-electron chi connectivity index (χ2n) is 5.24. The highest BCUT2D eigenvalue weighted by molar-refractivity contribution is 5.85. The van der Waals surface area contributed by atoms with Crippen LogP contribution < -0.4 is 0 Å². The third-order valence-corrected chi connectivity index (χ3v) is 4.00. The first-order valence-corrected chi connectivity index (χ1v) is 6.96. The van der Waals surface area contributed by atoms with Crippen LogP contribution in [0.3, 0.4) is 0 Å². The van der Waals surface area contributed by atoms with Gasteiger partial charge in [-0.2, -0.15) is 0 Å². The predicted molar refractivity (Wildman–Crippen MR) is 75.2 cm³/mol. The number of fused-ring (bicyclic) bond motifs is 1. The molecule has 2 aromatic rings. The summed E-state index contributed by atoms with van der Waals surface area (Å²) in [6.07, 6.45) is 5.92. The lowest BCUT2D eigenvalue weighted by atomic mass is 10.0. The summed E-state index contributed by atoms with van der Waals surface area (Å²) in [5, 5.41) is 1.21. The zero-order valence-electron chi connectivity index (χ0n) is 11.0. The summed E-state index contributed by atoms with van der Waals surface area (Å²) < 4.78 is 7.73. The summed E-state index contributed by atoms with van der Waals surface area (Å²) in [5.41, 5.74) is 2.36. The average molecular weight is 257 g/mol. The molecule has 1 aliphatic heterocycles. The molecule has 100 valence electrons. The van der Waals surface area contributed by atoms with Gasteiger partial charge in [-0.15, -0.1) is 0 Å². The van der Waals surface area contributed by atoms with Crippen molar-refractivity contribution in [3.8, 4) is 0 Å². The summed E-state index contributed by atoms with van der Waals surface area (Å²) in [6.45, 7) is 2.83. The number of aldehydes is 1. The highest BCUT2D eigenvalue weighted by atomic mass is 16.5. The molecular weight excluding hydrogens is 238 g/mol. The van der Waals surface area contributed by atoms with Crippen molar-refractivity contribution in [2.45, 2.75) is 25.8 Å². The summed E-state index contributed by atoms with van der Waals surface area (Å²) >= 11 is 0.